The maximum absolute atomic E-state index is 13.3. The van der Waals surface area contributed by atoms with Crippen molar-refractivity contribution in [3.8, 4) is 16.9 Å². The zero-order chi connectivity index (χ0) is 21.4. The summed E-state index contributed by atoms with van der Waals surface area (Å²) >= 11 is 0. The minimum Gasteiger partial charge on any atom is -0.508 e. The van der Waals surface area contributed by atoms with Crippen molar-refractivity contribution in [2.24, 2.45) is 0 Å². The quantitative estimate of drug-likeness (QED) is 0.725. The van der Waals surface area contributed by atoms with Gasteiger partial charge < -0.3 is 20.3 Å². The first-order chi connectivity index (χ1) is 13.7. The van der Waals surface area contributed by atoms with Gasteiger partial charge in [0, 0.05) is 20.1 Å². The van der Waals surface area contributed by atoms with E-state index in [9.17, 15) is 19.4 Å². The Morgan fingerprint density at radius 1 is 1.28 bits per heavy atom. The van der Waals surface area contributed by atoms with Crippen molar-refractivity contribution in [1.82, 2.24) is 5.32 Å². The van der Waals surface area contributed by atoms with Crippen molar-refractivity contribution in [2.45, 2.75) is 51.7 Å². The first-order valence-electron chi connectivity index (χ1n) is 9.83. The number of nitrogens with one attached hydrogen (secondary N) is 1. The summed E-state index contributed by atoms with van der Waals surface area (Å²) in [6, 6.07) is 11.2. The molecule has 0 aromatic heterocycles. The van der Waals surface area contributed by atoms with Gasteiger partial charge in [-0.15, -0.1) is 0 Å². The summed E-state index contributed by atoms with van der Waals surface area (Å²) in [4.78, 5) is 10.9. The molecule has 0 saturated carbocycles. The molecule has 29 heavy (non-hydrogen) atoms. The number of aliphatic hydroxyl groups is 1. The van der Waals surface area contributed by atoms with Gasteiger partial charge in [-0.25, -0.2) is 4.39 Å². The van der Waals surface area contributed by atoms with Gasteiger partial charge in [-0.05, 0) is 74.1 Å². The van der Waals surface area contributed by atoms with E-state index in [4.69, 9.17) is 4.74 Å². The van der Waals surface area contributed by atoms with Gasteiger partial charge >= 0.3 is 0 Å². The van der Waals surface area contributed by atoms with Crippen LogP contribution in [0, 0.1) is 5.82 Å². The van der Waals surface area contributed by atoms with E-state index in [-0.39, 0.29) is 29.2 Å². The van der Waals surface area contributed by atoms with Crippen molar-refractivity contribution in [3.05, 3.63) is 53.8 Å². The largest absolute Gasteiger partial charge is 0.508 e. The highest BCUT2D eigenvalue weighted by Gasteiger charge is 2.31. The number of phenolic OH excluding ortho intramolecular Hbond substituents is 1. The van der Waals surface area contributed by atoms with Gasteiger partial charge in [0.25, 0.3) is 0 Å². The lowest BCUT2D eigenvalue weighted by molar-refractivity contribution is -0.132. The SMILES string of the molecule is CC(=O)NCCc1ccc(O)cc1-c1cccc(F)c1.CC1(C)OCCCC1O. The summed E-state index contributed by atoms with van der Waals surface area (Å²) in [7, 11) is 0. The van der Waals surface area contributed by atoms with Gasteiger partial charge in [-0.1, -0.05) is 18.2 Å². The van der Waals surface area contributed by atoms with Crippen LogP contribution in [0.4, 0.5) is 4.39 Å². The second-order valence-corrected chi connectivity index (χ2v) is 7.69. The molecule has 1 amide bonds. The number of hydrogen-bond donors (Lipinski definition) is 3. The highest BCUT2D eigenvalue weighted by atomic mass is 19.1. The van der Waals surface area contributed by atoms with E-state index >= 15 is 0 Å². The van der Waals surface area contributed by atoms with E-state index in [1.165, 1.54) is 19.1 Å². The molecule has 0 bridgehead atoms. The Hall–Kier alpha value is -2.44. The average molecular weight is 403 g/mol. The summed E-state index contributed by atoms with van der Waals surface area (Å²) in [6.45, 7) is 6.62. The molecule has 2 aromatic carbocycles. The first kappa shape index (κ1) is 22.8. The lowest BCUT2D eigenvalue weighted by atomic mass is 9.95. The minimum atomic E-state index is -0.321. The number of halogens is 1. The maximum atomic E-state index is 13.3. The summed E-state index contributed by atoms with van der Waals surface area (Å²) < 4.78 is 18.7. The van der Waals surface area contributed by atoms with Crippen LogP contribution in [0.25, 0.3) is 11.1 Å². The highest BCUT2D eigenvalue weighted by Crippen LogP contribution is 2.28. The van der Waals surface area contributed by atoms with Crippen LogP contribution < -0.4 is 5.32 Å². The number of phenols is 1. The molecule has 1 aliphatic rings. The molecule has 3 N–H and O–H groups in total. The molecular weight excluding hydrogens is 373 g/mol. The molecule has 6 heteroatoms. The zero-order valence-corrected chi connectivity index (χ0v) is 17.2. The molecule has 1 unspecified atom stereocenters. The molecule has 0 radical (unpaired) electrons. The number of benzene rings is 2. The highest BCUT2D eigenvalue weighted by molar-refractivity contribution is 5.73. The van der Waals surface area contributed by atoms with Crippen LogP contribution in [0.2, 0.25) is 0 Å². The van der Waals surface area contributed by atoms with Crippen LogP contribution in [-0.4, -0.2) is 41.0 Å². The predicted octanol–water partition coefficient (Wildman–Crippen LogP) is 3.81. The number of aliphatic hydroxyl groups excluding tert-OH is 1. The zero-order valence-electron chi connectivity index (χ0n) is 17.2. The Labute approximate surface area is 171 Å². The lowest BCUT2D eigenvalue weighted by Crippen LogP contribution is -2.42. The van der Waals surface area contributed by atoms with Gasteiger partial charge in [0.05, 0.1) is 11.7 Å². The van der Waals surface area contributed by atoms with Crippen molar-refractivity contribution in [1.29, 1.82) is 0 Å². The molecule has 1 fully saturated rings. The van der Waals surface area contributed by atoms with Crippen LogP contribution in [0.1, 0.15) is 39.2 Å². The summed E-state index contributed by atoms with van der Waals surface area (Å²) in [5, 5.41) is 21.7. The standard InChI is InChI=1S/C16H16FNO2.C7H14O2/c1-11(19)18-8-7-12-5-6-15(20)10-16(12)13-3-2-4-14(17)9-13;1-7(2)6(8)4-3-5-9-7/h2-6,9-10,20H,7-8H2,1H3,(H,18,19);6,8H,3-5H2,1-2H3. The molecule has 1 saturated heterocycles. The van der Waals surface area contributed by atoms with Gasteiger partial charge in [0.1, 0.15) is 11.6 Å². The Balaban J connectivity index is 0.000000278. The smallest absolute Gasteiger partial charge is 0.216 e. The van der Waals surface area contributed by atoms with E-state index in [0.29, 0.717) is 18.5 Å². The van der Waals surface area contributed by atoms with Gasteiger partial charge in [0.2, 0.25) is 5.91 Å². The van der Waals surface area contributed by atoms with E-state index in [2.05, 4.69) is 5.32 Å². The normalized spacial score (nSPS) is 17.8. The predicted molar refractivity (Wildman–Crippen MR) is 111 cm³/mol. The maximum Gasteiger partial charge on any atom is 0.216 e. The number of hydrogen-bond acceptors (Lipinski definition) is 4. The number of ether oxygens (including phenoxy) is 1. The monoisotopic (exact) mass is 403 g/mol. The molecule has 2 aromatic rings. The summed E-state index contributed by atoms with van der Waals surface area (Å²) in [5.41, 5.74) is 2.12. The Kier molecular flexibility index (Phi) is 8.17. The molecule has 158 valence electrons. The van der Waals surface area contributed by atoms with Gasteiger partial charge in [-0.3, -0.25) is 4.79 Å². The van der Waals surface area contributed by atoms with E-state index in [1.54, 1.807) is 30.3 Å². The van der Waals surface area contributed by atoms with E-state index in [0.717, 1.165) is 30.6 Å². The third-order valence-electron chi connectivity index (χ3n) is 4.90. The Bertz CT molecular complexity index is 822. The Morgan fingerprint density at radius 2 is 2.03 bits per heavy atom. The van der Waals surface area contributed by atoms with E-state index < -0.39 is 0 Å². The molecule has 3 rings (SSSR count). The second kappa shape index (κ2) is 10.4. The third kappa shape index (κ3) is 7.15. The molecule has 1 aliphatic heterocycles. The molecule has 1 heterocycles. The average Bonchev–Trinajstić information content (AvgIpc) is 2.65. The van der Waals surface area contributed by atoms with Crippen molar-refractivity contribution in [2.75, 3.05) is 13.2 Å². The second-order valence-electron chi connectivity index (χ2n) is 7.69. The summed E-state index contributed by atoms with van der Waals surface area (Å²) in [5.74, 6) is -0.276. The van der Waals surface area contributed by atoms with Gasteiger partial charge in [0.15, 0.2) is 0 Å². The van der Waals surface area contributed by atoms with Crippen LogP contribution in [0.3, 0.4) is 0 Å². The lowest BCUT2D eigenvalue weighted by Gasteiger charge is -2.34. The summed E-state index contributed by atoms with van der Waals surface area (Å²) in [6.07, 6.45) is 2.22. The number of aromatic hydroxyl groups is 1. The first-order valence-corrected chi connectivity index (χ1v) is 9.83. The van der Waals surface area contributed by atoms with Crippen LogP contribution >= 0.6 is 0 Å². The number of amides is 1. The number of rotatable bonds is 4. The number of carbonyl (C=O) groups is 1. The van der Waals surface area contributed by atoms with E-state index in [1.807, 2.05) is 13.8 Å². The van der Waals surface area contributed by atoms with Crippen molar-refractivity contribution >= 4 is 5.91 Å². The van der Waals surface area contributed by atoms with Crippen molar-refractivity contribution in [3.63, 3.8) is 0 Å². The topological polar surface area (TPSA) is 78.8 Å². The fraction of sp³-hybridized carbons (Fsp3) is 0.435. The molecule has 1 atom stereocenters. The fourth-order valence-corrected chi connectivity index (χ4v) is 3.14. The molecule has 0 aliphatic carbocycles. The molecule has 5 nitrogen and oxygen atoms in total. The number of carbonyl (C=O) groups excluding carboxylic acids is 1. The third-order valence-corrected chi connectivity index (χ3v) is 4.90. The minimum absolute atomic E-state index is 0.0870. The molecule has 0 spiro atoms. The van der Waals surface area contributed by atoms with Gasteiger partial charge in [-0.2, -0.15) is 0 Å². The molecular formula is C23H30FNO4. The van der Waals surface area contributed by atoms with Crippen LogP contribution in [0.15, 0.2) is 42.5 Å². The van der Waals surface area contributed by atoms with Crippen LogP contribution in [-0.2, 0) is 16.0 Å². The van der Waals surface area contributed by atoms with Crippen molar-refractivity contribution < 1.29 is 24.1 Å². The van der Waals surface area contributed by atoms with Crippen LogP contribution in [0.5, 0.6) is 5.75 Å². The Morgan fingerprint density at radius 3 is 2.62 bits per heavy atom. The fourth-order valence-electron chi connectivity index (χ4n) is 3.14.